The molecule has 62 valence electrons. The SMILES string of the molecule is CCc1nc2[nH]c(=O)ncc2[nH]1. The summed E-state index contributed by atoms with van der Waals surface area (Å²) in [5.74, 6) is 0.855. The van der Waals surface area contributed by atoms with Crippen molar-refractivity contribution in [2.45, 2.75) is 13.3 Å². The van der Waals surface area contributed by atoms with Crippen molar-refractivity contribution in [3.8, 4) is 0 Å². The molecule has 0 atom stereocenters. The molecule has 0 spiro atoms. The number of aromatic nitrogens is 4. The topological polar surface area (TPSA) is 74.4 Å². The van der Waals surface area contributed by atoms with Gasteiger partial charge in [-0.05, 0) is 0 Å². The third-order valence-corrected chi connectivity index (χ3v) is 1.65. The van der Waals surface area contributed by atoms with Crippen molar-refractivity contribution in [3.63, 3.8) is 0 Å². The molecule has 0 bridgehead atoms. The van der Waals surface area contributed by atoms with Gasteiger partial charge in [0, 0.05) is 6.42 Å². The largest absolute Gasteiger partial charge is 0.346 e. The average molecular weight is 164 g/mol. The van der Waals surface area contributed by atoms with Gasteiger partial charge >= 0.3 is 5.69 Å². The highest BCUT2D eigenvalue weighted by molar-refractivity contribution is 5.68. The van der Waals surface area contributed by atoms with Crippen LogP contribution >= 0.6 is 0 Å². The minimum absolute atomic E-state index is 0.364. The molecule has 2 heterocycles. The zero-order chi connectivity index (χ0) is 8.55. The Morgan fingerprint density at radius 1 is 1.50 bits per heavy atom. The van der Waals surface area contributed by atoms with Crippen molar-refractivity contribution in [3.05, 3.63) is 22.5 Å². The minimum atomic E-state index is -0.364. The maximum absolute atomic E-state index is 10.8. The maximum atomic E-state index is 10.8. The molecule has 0 aliphatic heterocycles. The Kier molecular flexibility index (Phi) is 1.43. The third-order valence-electron chi connectivity index (χ3n) is 1.65. The van der Waals surface area contributed by atoms with Crippen LogP contribution in [0.25, 0.3) is 11.2 Å². The Morgan fingerprint density at radius 2 is 2.33 bits per heavy atom. The van der Waals surface area contributed by atoms with E-state index in [1.54, 1.807) is 0 Å². The lowest BCUT2D eigenvalue weighted by molar-refractivity contribution is 0.996. The summed E-state index contributed by atoms with van der Waals surface area (Å²) in [4.78, 5) is 24.0. The second-order valence-electron chi connectivity index (χ2n) is 2.49. The molecule has 2 aromatic rings. The van der Waals surface area contributed by atoms with Crippen LogP contribution < -0.4 is 5.69 Å². The Bertz CT molecular complexity index is 456. The summed E-state index contributed by atoms with van der Waals surface area (Å²) >= 11 is 0. The number of hydrogen-bond acceptors (Lipinski definition) is 3. The molecular weight excluding hydrogens is 156 g/mol. The standard InChI is InChI=1S/C7H8N4O/c1-2-5-9-4-3-8-7(12)11-6(4)10-5/h3H,2H2,1H3,(H2,8,9,10,11,12). The van der Waals surface area contributed by atoms with E-state index in [2.05, 4.69) is 19.9 Å². The summed E-state index contributed by atoms with van der Waals surface area (Å²) in [6, 6.07) is 0. The van der Waals surface area contributed by atoms with Gasteiger partial charge in [-0.1, -0.05) is 6.92 Å². The maximum Gasteiger partial charge on any atom is 0.346 e. The van der Waals surface area contributed by atoms with Crippen molar-refractivity contribution in [1.82, 2.24) is 19.9 Å². The average Bonchev–Trinajstić information content (AvgIpc) is 2.46. The molecule has 0 radical (unpaired) electrons. The highest BCUT2D eigenvalue weighted by Crippen LogP contribution is 2.04. The molecule has 12 heavy (non-hydrogen) atoms. The third kappa shape index (κ3) is 0.990. The fourth-order valence-corrected chi connectivity index (χ4v) is 1.05. The van der Waals surface area contributed by atoms with E-state index in [1.165, 1.54) is 6.20 Å². The predicted molar refractivity (Wildman–Crippen MR) is 43.9 cm³/mol. The molecule has 0 saturated carbocycles. The number of nitrogens with zero attached hydrogens (tertiary/aromatic N) is 2. The molecule has 0 aromatic carbocycles. The number of rotatable bonds is 1. The number of aryl methyl sites for hydroxylation is 1. The molecule has 2 rings (SSSR count). The molecule has 2 aromatic heterocycles. The van der Waals surface area contributed by atoms with Crippen molar-refractivity contribution in [1.29, 1.82) is 0 Å². The van der Waals surface area contributed by atoms with Crippen LogP contribution in [0.2, 0.25) is 0 Å². The summed E-state index contributed by atoms with van der Waals surface area (Å²) < 4.78 is 0. The van der Waals surface area contributed by atoms with Crippen LogP contribution in [0.3, 0.4) is 0 Å². The van der Waals surface area contributed by atoms with Crippen LogP contribution in [-0.4, -0.2) is 19.9 Å². The summed E-state index contributed by atoms with van der Waals surface area (Å²) in [5.41, 5.74) is 0.981. The van der Waals surface area contributed by atoms with Crippen LogP contribution in [0, 0.1) is 0 Å². The molecule has 0 fully saturated rings. The van der Waals surface area contributed by atoms with Gasteiger partial charge in [-0.25, -0.2) is 9.78 Å². The summed E-state index contributed by atoms with van der Waals surface area (Å²) in [7, 11) is 0. The molecule has 0 saturated heterocycles. The molecule has 5 heteroatoms. The number of fused-ring (bicyclic) bond motifs is 1. The second kappa shape index (κ2) is 2.44. The van der Waals surface area contributed by atoms with E-state index in [-0.39, 0.29) is 5.69 Å². The minimum Gasteiger partial charge on any atom is -0.339 e. The molecule has 0 aliphatic carbocycles. The van der Waals surface area contributed by atoms with Crippen LogP contribution in [0.1, 0.15) is 12.7 Å². The number of H-pyrrole nitrogens is 2. The molecular formula is C7H8N4O. The van der Waals surface area contributed by atoms with Gasteiger partial charge in [-0.15, -0.1) is 0 Å². The van der Waals surface area contributed by atoms with Crippen LogP contribution in [-0.2, 0) is 6.42 Å². The number of hydrogen-bond donors (Lipinski definition) is 2. The highest BCUT2D eigenvalue weighted by Gasteiger charge is 2.00. The quantitative estimate of drug-likeness (QED) is 0.632. The van der Waals surface area contributed by atoms with Crippen molar-refractivity contribution in [2.24, 2.45) is 0 Å². The number of aromatic amines is 2. The van der Waals surface area contributed by atoms with Gasteiger partial charge in [0.25, 0.3) is 0 Å². The zero-order valence-electron chi connectivity index (χ0n) is 6.59. The fraction of sp³-hybridized carbons (Fsp3) is 0.286. The van der Waals surface area contributed by atoms with Gasteiger partial charge in [0.1, 0.15) is 11.3 Å². The summed E-state index contributed by atoms with van der Waals surface area (Å²) in [6.07, 6.45) is 2.30. The van der Waals surface area contributed by atoms with Crippen LogP contribution in [0.15, 0.2) is 11.0 Å². The van der Waals surface area contributed by atoms with E-state index < -0.39 is 0 Å². The monoisotopic (exact) mass is 164 g/mol. The highest BCUT2D eigenvalue weighted by atomic mass is 16.1. The van der Waals surface area contributed by atoms with Gasteiger partial charge in [-0.3, -0.25) is 4.98 Å². The first-order valence-electron chi connectivity index (χ1n) is 3.73. The predicted octanol–water partition coefficient (Wildman–Crippen LogP) is 0.209. The summed E-state index contributed by atoms with van der Waals surface area (Å²) in [6.45, 7) is 1.99. The molecule has 2 N–H and O–H groups in total. The lowest BCUT2D eigenvalue weighted by Gasteiger charge is -1.82. The van der Waals surface area contributed by atoms with E-state index >= 15 is 0 Å². The van der Waals surface area contributed by atoms with Gasteiger partial charge in [0.2, 0.25) is 0 Å². The molecule has 0 amide bonds. The zero-order valence-corrected chi connectivity index (χ0v) is 6.59. The fourth-order valence-electron chi connectivity index (χ4n) is 1.05. The van der Waals surface area contributed by atoms with E-state index in [0.29, 0.717) is 5.65 Å². The van der Waals surface area contributed by atoms with Gasteiger partial charge in [0.05, 0.1) is 6.20 Å². The van der Waals surface area contributed by atoms with Gasteiger partial charge in [-0.2, -0.15) is 4.98 Å². The Balaban J connectivity index is 2.75. The lowest BCUT2D eigenvalue weighted by Crippen LogP contribution is -2.08. The van der Waals surface area contributed by atoms with Gasteiger partial charge in [0.15, 0.2) is 5.65 Å². The van der Waals surface area contributed by atoms with Crippen LogP contribution in [0.5, 0.6) is 0 Å². The van der Waals surface area contributed by atoms with Crippen molar-refractivity contribution >= 4 is 11.2 Å². The Morgan fingerprint density at radius 3 is 3.08 bits per heavy atom. The Hall–Kier alpha value is -1.65. The van der Waals surface area contributed by atoms with E-state index in [0.717, 1.165) is 17.8 Å². The van der Waals surface area contributed by atoms with E-state index in [1.807, 2.05) is 6.92 Å². The van der Waals surface area contributed by atoms with E-state index in [9.17, 15) is 4.79 Å². The lowest BCUT2D eigenvalue weighted by atomic mass is 10.5. The molecule has 0 unspecified atom stereocenters. The van der Waals surface area contributed by atoms with E-state index in [4.69, 9.17) is 0 Å². The van der Waals surface area contributed by atoms with Crippen molar-refractivity contribution in [2.75, 3.05) is 0 Å². The molecule has 5 nitrogen and oxygen atoms in total. The number of imidazole rings is 1. The second-order valence-corrected chi connectivity index (χ2v) is 2.49. The van der Waals surface area contributed by atoms with Crippen molar-refractivity contribution < 1.29 is 0 Å². The first-order valence-corrected chi connectivity index (χ1v) is 3.73. The van der Waals surface area contributed by atoms with Crippen LogP contribution in [0.4, 0.5) is 0 Å². The Labute approximate surface area is 67.9 Å². The first kappa shape index (κ1) is 7.02. The summed E-state index contributed by atoms with van der Waals surface area (Å²) in [5, 5.41) is 0. The van der Waals surface area contributed by atoms with Gasteiger partial charge < -0.3 is 4.98 Å². The smallest absolute Gasteiger partial charge is 0.339 e. The number of nitrogens with one attached hydrogen (secondary N) is 2. The normalized spacial score (nSPS) is 10.8. The molecule has 0 aliphatic rings. The first-order chi connectivity index (χ1) is 5.79.